The lowest BCUT2D eigenvalue weighted by atomic mass is 9.82. The largest absolute Gasteiger partial charge is 0.299 e. The van der Waals surface area contributed by atoms with Crippen LogP contribution in [0.2, 0.25) is 0 Å². The van der Waals surface area contributed by atoms with Crippen molar-refractivity contribution in [1.29, 1.82) is 0 Å². The first-order chi connectivity index (χ1) is 4.72. The predicted octanol–water partition coefficient (Wildman–Crippen LogP) is 1.87. The van der Waals surface area contributed by atoms with Gasteiger partial charge in [-0.15, -0.1) is 0 Å². The Morgan fingerprint density at radius 1 is 1.50 bits per heavy atom. The van der Waals surface area contributed by atoms with Gasteiger partial charge in [-0.3, -0.25) is 4.79 Å². The smallest absolute Gasteiger partial charge is 0.141 e. The van der Waals surface area contributed by atoms with Crippen LogP contribution in [0.25, 0.3) is 0 Å². The number of hydrogen-bond donors (Lipinski definition) is 0. The molecule has 0 fully saturated rings. The van der Waals surface area contributed by atoms with E-state index in [1.165, 1.54) is 0 Å². The van der Waals surface area contributed by atoms with E-state index in [-0.39, 0.29) is 11.7 Å². The van der Waals surface area contributed by atoms with Crippen LogP contribution in [-0.4, -0.2) is 5.78 Å². The Kier molecular flexibility index (Phi) is 2.25. The summed E-state index contributed by atoms with van der Waals surface area (Å²) in [6.07, 6.45) is 5.98. The van der Waals surface area contributed by atoms with E-state index in [2.05, 4.69) is 13.0 Å². The molecule has 0 heterocycles. The second kappa shape index (κ2) is 3.00. The number of allylic oxidation sites excluding steroid dienone is 2. The number of ketones is 1. The molecule has 10 heavy (non-hydrogen) atoms. The molecule has 0 aliphatic heterocycles. The molecule has 0 spiro atoms. The highest BCUT2D eigenvalue weighted by molar-refractivity contribution is 5.85. The monoisotopic (exact) mass is 136 g/mol. The molecule has 1 rings (SSSR count). The van der Waals surface area contributed by atoms with Gasteiger partial charge in [-0.05, 0) is 18.8 Å². The fourth-order valence-corrected chi connectivity index (χ4v) is 1.35. The Labute approximate surface area is 62.1 Å². The minimum absolute atomic E-state index is 0.0741. The average Bonchev–Trinajstić information content (AvgIpc) is 1.88. The first kappa shape index (κ1) is 7.52. The summed E-state index contributed by atoms with van der Waals surface area (Å²) < 4.78 is 0. The Bertz CT molecular complexity index is 158. The van der Waals surface area contributed by atoms with Crippen LogP contribution in [0, 0.1) is 18.8 Å². The van der Waals surface area contributed by atoms with Crippen molar-refractivity contribution in [3.8, 4) is 0 Å². The molecule has 0 aromatic rings. The molecule has 0 N–H and O–H groups in total. The summed E-state index contributed by atoms with van der Waals surface area (Å²) in [6, 6.07) is 0. The Hall–Kier alpha value is -0.590. The van der Waals surface area contributed by atoms with Gasteiger partial charge >= 0.3 is 0 Å². The van der Waals surface area contributed by atoms with Crippen LogP contribution in [0.1, 0.15) is 19.8 Å². The summed E-state index contributed by atoms with van der Waals surface area (Å²) >= 11 is 0. The molecule has 0 aromatic heterocycles. The second-order valence-corrected chi connectivity index (χ2v) is 2.93. The van der Waals surface area contributed by atoms with Crippen molar-refractivity contribution >= 4 is 5.78 Å². The number of carbonyl (C=O) groups excluding carboxylic acids is 1. The van der Waals surface area contributed by atoms with Gasteiger partial charge in [0.1, 0.15) is 5.78 Å². The predicted molar refractivity (Wildman–Crippen MR) is 40.3 cm³/mol. The molecule has 1 aliphatic rings. The third kappa shape index (κ3) is 1.47. The zero-order valence-corrected chi connectivity index (χ0v) is 6.21. The summed E-state index contributed by atoms with van der Waals surface area (Å²) in [6.45, 7) is 7.25. The summed E-state index contributed by atoms with van der Waals surface area (Å²) in [5.74, 6) is 0.351. The van der Waals surface area contributed by atoms with E-state index in [4.69, 9.17) is 6.92 Å². The summed E-state index contributed by atoms with van der Waals surface area (Å²) in [5, 5.41) is 0. The summed E-state index contributed by atoms with van der Waals surface area (Å²) in [4.78, 5) is 10.8. The topological polar surface area (TPSA) is 17.1 Å². The van der Waals surface area contributed by atoms with Crippen molar-refractivity contribution in [3.63, 3.8) is 0 Å². The zero-order valence-electron chi connectivity index (χ0n) is 6.21. The van der Waals surface area contributed by atoms with Gasteiger partial charge in [0.2, 0.25) is 0 Å². The van der Waals surface area contributed by atoms with Crippen molar-refractivity contribution in [2.75, 3.05) is 0 Å². The van der Waals surface area contributed by atoms with Crippen LogP contribution < -0.4 is 0 Å². The number of hydrogen-bond acceptors (Lipinski definition) is 1. The van der Waals surface area contributed by atoms with E-state index >= 15 is 0 Å². The normalized spacial score (nSPS) is 32.2. The van der Waals surface area contributed by atoms with Crippen molar-refractivity contribution in [2.45, 2.75) is 19.8 Å². The van der Waals surface area contributed by atoms with Crippen LogP contribution >= 0.6 is 0 Å². The minimum Gasteiger partial charge on any atom is -0.299 e. The fourth-order valence-electron chi connectivity index (χ4n) is 1.35. The third-order valence-corrected chi connectivity index (χ3v) is 2.12. The van der Waals surface area contributed by atoms with Gasteiger partial charge in [-0.25, -0.2) is 0 Å². The van der Waals surface area contributed by atoms with E-state index < -0.39 is 0 Å². The molecule has 54 valence electrons. The molecular weight excluding hydrogens is 124 g/mol. The van der Waals surface area contributed by atoms with Gasteiger partial charge in [-0.1, -0.05) is 19.1 Å². The van der Waals surface area contributed by atoms with Gasteiger partial charge in [0, 0.05) is 12.8 Å². The first-order valence-electron chi connectivity index (χ1n) is 3.66. The second-order valence-electron chi connectivity index (χ2n) is 2.93. The molecule has 0 unspecified atom stereocenters. The lowest BCUT2D eigenvalue weighted by molar-refractivity contribution is -0.119. The Balaban J connectivity index is 2.59. The van der Waals surface area contributed by atoms with Gasteiger partial charge in [0.15, 0.2) is 0 Å². The molecule has 0 saturated heterocycles. The maximum Gasteiger partial charge on any atom is 0.141 e. The molecule has 1 aliphatic carbocycles. The quantitative estimate of drug-likeness (QED) is 0.503. The van der Waals surface area contributed by atoms with Crippen LogP contribution in [0.3, 0.4) is 0 Å². The highest BCUT2D eigenvalue weighted by Gasteiger charge is 2.21. The fraction of sp³-hybridized carbons (Fsp3) is 0.556. The molecule has 1 nitrogen and oxygen atoms in total. The molecule has 1 heteroatoms. The van der Waals surface area contributed by atoms with E-state index in [9.17, 15) is 4.79 Å². The van der Waals surface area contributed by atoms with E-state index in [0.29, 0.717) is 5.92 Å². The van der Waals surface area contributed by atoms with Crippen LogP contribution in [0.4, 0.5) is 0 Å². The number of rotatable bonds is 1. The van der Waals surface area contributed by atoms with Crippen molar-refractivity contribution in [3.05, 3.63) is 19.1 Å². The number of carbonyl (C=O) groups is 1. The van der Waals surface area contributed by atoms with Gasteiger partial charge in [0.25, 0.3) is 0 Å². The first-order valence-corrected chi connectivity index (χ1v) is 3.66. The van der Waals surface area contributed by atoms with Crippen LogP contribution in [0.15, 0.2) is 12.2 Å². The maximum atomic E-state index is 10.8. The van der Waals surface area contributed by atoms with Crippen LogP contribution in [0.5, 0.6) is 0 Å². The van der Waals surface area contributed by atoms with Gasteiger partial charge in [-0.2, -0.15) is 0 Å². The van der Waals surface area contributed by atoms with E-state index in [0.717, 1.165) is 12.8 Å². The molecule has 0 saturated carbocycles. The zero-order chi connectivity index (χ0) is 7.56. The van der Waals surface area contributed by atoms with E-state index in [1.807, 2.05) is 6.08 Å². The molecule has 0 amide bonds. The third-order valence-electron chi connectivity index (χ3n) is 2.12. The standard InChI is InChI=1S/C9H12O/c1-7-5-3-4-6-9(7)8(2)10/h2-4,7,9H,5-6H2,1H3/t7-,9+/m0/s1. The highest BCUT2D eigenvalue weighted by atomic mass is 16.1. The SMILES string of the molecule is [CH]C(=O)[C@@H]1CC=CC[C@@H]1C. The lowest BCUT2D eigenvalue weighted by Crippen LogP contribution is -2.20. The van der Waals surface area contributed by atoms with Crippen molar-refractivity contribution in [1.82, 2.24) is 0 Å². The molecule has 0 bridgehead atoms. The Morgan fingerprint density at radius 3 is 2.50 bits per heavy atom. The minimum atomic E-state index is -0.156. The van der Waals surface area contributed by atoms with E-state index in [1.54, 1.807) is 0 Å². The molecule has 2 radical (unpaired) electrons. The average molecular weight is 136 g/mol. The van der Waals surface area contributed by atoms with Crippen molar-refractivity contribution < 1.29 is 4.79 Å². The van der Waals surface area contributed by atoms with Gasteiger partial charge < -0.3 is 0 Å². The summed E-state index contributed by atoms with van der Waals surface area (Å²) in [5.41, 5.74) is 0. The van der Waals surface area contributed by atoms with Crippen molar-refractivity contribution in [2.24, 2.45) is 11.8 Å². The Morgan fingerprint density at radius 2 is 2.10 bits per heavy atom. The lowest BCUT2D eigenvalue weighted by Gasteiger charge is -2.21. The van der Waals surface area contributed by atoms with Gasteiger partial charge in [0.05, 0.1) is 0 Å². The molecule has 2 atom stereocenters. The number of Topliss-reactive ketones (excluding diaryl/α,β-unsaturated/α-hetero) is 1. The molecule has 0 aromatic carbocycles. The molecular formula is C9H12O. The maximum absolute atomic E-state index is 10.8. The van der Waals surface area contributed by atoms with Crippen LogP contribution in [-0.2, 0) is 4.79 Å². The highest BCUT2D eigenvalue weighted by Crippen LogP contribution is 2.25. The summed E-state index contributed by atoms with van der Waals surface area (Å²) in [7, 11) is 0.